The predicted octanol–water partition coefficient (Wildman–Crippen LogP) is 2.44. The van der Waals surface area contributed by atoms with Crippen molar-refractivity contribution in [2.24, 2.45) is 7.05 Å². The minimum absolute atomic E-state index is 0.121. The highest BCUT2D eigenvalue weighted by Crippen LogP contribution is 2.30. The molecule has 0 spiro atoms. The zero-order valence-electron chi connectivity index (χ0n) is 12.8. The number of amides is 1. The summed E-state index contributed by atoms with van der Waals surface area (Å²) in [7, 11) is 1.89. The summed E-state index contributed by atoms with van der Waals surface area (Å²) in [5, 5.41) is 6.57. The van der Waals surface area contributed by atoms with Crippen LogP contribution in [0.15, 0.2) is 29.9 Å². The minimum Gasteiger partial charge on any atom is -0.337 e. The summed E-state index contributed by atoms with van der Waals surface area (Å²) >= 11 is 1.50. The third-order valence-corrected chi connectivity index (χ3v) is 5.17. The molecule has 1 aliphatic heterocycles. The van der Waals surface area contributed by atoms with Gasteiger partial charge in [-0.15, -0.1) is 11.3 Å². The van der Waals surface area contributed by atoms with E-state index in [0.29, 0.717) is 6.54 Å². The topological polar surface area (TPSA) is 63.9 Å². The summed E-state index contributed by atoms with van der Waals surface area (Å²) in [6.45, 7) is 1.50. The fourth-order valence-electron chi connectivity index (χ4n) is 3.22. The second kappa shape index (κ2) is 5.73. The number of likely N-dealkylation sites (tertiary alicyclic amines) is 1. The van der Waals surface area contributed by atoms with E-state index >= 15 is 0 Å². The van der Waals surface area contributed by atoms with E-state index in [0.717, 1.165) is 41.1 Å². The Morgan fingerprint density at radius 3 is 3.04 bits per heavy atom. The van der Waals surface area contributed by atoms with E-state index < -0.39 is 0 Å². The zero-order chi connectivity index (χ0) is 15.8. The van der Waals surface area contributed by atoms with Crippen molar-refractivity contribution < 1.29 is 4.79 Å². The SMILES string of the molecule is Cn1nc([C@H]2CCCN(C(=O)c3cccs3)C2)c2nccnc21. The third-order valence-electron chi connectivity index (χ3n) is 4.31. The van der Waals surface area contributed by atoms with Crippen LogP contribution in [0.1, 0.15) is 34.1 Å². The Kier molecular flexibility index (Phi) is 3.57. The van der Waals surface area contributed by atoms with Gasteiger partial charge in [-0.05, 0) is 24.3 Å². The van der Waals surface area contributed by atoms with Crippen molar-refractivity contribution in [2.75, 3.05) is 13.1 Å². The second-order valence-electron chi connectivity index (χ2n) is 5.81. The zero-order valence-corrected chi connectivity index (χ0v) is 13.7. The number of aryl methyl sites for hydroxylation is 1. The van der Waals surface area contributed by atoms with Gasteiger partial charge in [0.2, 0.25) is 0 Å². The number of nitrogens with zero attached hydrogens (tertiary/aromatic N) is 5. The summed E-state index contributed by atoms with van der Waals surface area (Å²) < 4.78 is 1.78. The first kappa shape index (κ1) is 14.3. The van der Waals surface area contributed by atoms with Crippen LogP contribution in [0.2, 0.25) is 0 Å². The lowest BCUT2D eigenvalue weighted by Crippen LogP contribution is -2.39. The molecule has 1 saturated heterocycles. The molecule has 0 N–H and O–H groups in total. The van der Waals surface area contributed by atoms with Gasteiger partial charge >= 0.3 is 0 Å². The summed E-state index contributed by atoms with van der Waals surface area (Å²) in [4.78, 5) is 24.1. The molecular weight excluding hydrogens is 310 g/mol. The summed E-state index contributed by atoms with van der Waals surface area (Å²) in [5.74, 6) is 0.337. The van der Waals surface area contributed by atoms with Crippen molar-refractivity contribution in [3.05, 3.63) is 40.5 Å². The molecule has 1 fully saturated rings. The van der Waals surface area contributed by atoms with E-state index in [-0.39, 0.29) is 11.8 Å². The van der Waals surface area contributed by atoms with E-state index in [1.165, 1.54) is 11.3 Å². The van der Waals surface area contributed by atoms with Crippen LogP contribution in [-0.2, 0) is 7.05 Å². The highest BCUT2D eigenvalue weighted by molar-refractivity contribution is 7.12. The van der Waals surface area contributed by atoms with Crippen LogP contribution in [0.4, 0.5) is 0 Å². The van der Waals surface area contributed by atoms with Crippen molar-refractivity contribution in [3.8, 4) is 0 Å². The average molecular weight is 327 g/mol. The molecule has 7 heteroatoms. The van der Waals surface area contributed by atoms with Crippen molar-refractivity contribution >= 4 is 28.4 Å². The monoisotopic (exact) mass is 327 g/mol. The van der Waals surface area contributed by atoms with Crippen LogP contribution in [-0.4, -0.2) is 43.6 Å². The molecule has 4 rings (SSSR count). The van der Waals surface area contributed by atoms with E-state index in [4.69, 9.17) is 0 Å². The molecule has 0 aromatic carbocycles. The van der Waals surface area contributed by atoms with E-state index in [1.807, 2.05) is 29.5 Å². The Hall–Kier alpha value is -2.28. The van der Waals surface area contributed by atoms with Gasteiger partial charge < -0.3 is 4.90 Å². The maximum atomic E-state index is 12.6. The molecular formula is C16H17N5OS. The first-order valence-electron chi connectivity index (χ1n) is 7.70. The van der Waals surface area contributed by atoms with Crippen LogP contribution >= 0.6 is 11.3 Å². The third kappa shape index (κ3) is 2.50. The van der Waals surface area contributed by atoms with Crippen molar-refractivity contribution in [2.45, 2.75) is 18.8 Å². The number of aromatic nitrogens is 4. The lowest BCUT2D eigenvalue weighted by Gasteiger charge is -2.31. The fraction of sp³-hybridized carbons (Fsp3) is 0.375. The number of rotatable bonds is 2. The molecule has 4 heterocycles. The molecule has 23 heavy (non-hydrogen) atoms. The highest BCUT2D eigenvalue weighted by atomic mass is 32.1. The highest BCUT2D eigenvalue weighted by Gasteiger charge is 2.29. The predicted molar refractivity (Wildman–Crippen MR) is 88.5 cm³/mol. The smallest absolute Gasteiger partial charge is 0.263 e. The molecule has 3 aromatic rings. The maximum absolute atomic E-state index is 12.6. The molecule has 1 atom stereocenters. The van der Waals surface area contributed by atoms with Gasteiger partial charge in [-0.1, -0.05) is 6.07 Å². The Balaban J connectivity index is 1.63. The number of piperidine rings is 1. The van der Waals surface area contributed by atoms with Gasteiger partial charge in [-0.25, -0.2) is 14.6 Å². The molecule has 3 aromatic heterocycles. The van der Waals surface area contributed by atoms with Gasteiger partial charge in [0.25, 0.3) is 5.91 Å². The summed E-state index contributed by atoms with van der Waals surface area (Å²) in [6, 6.07) is 3.80. The fourth-order valence-corrected chi connectivity index (χ4v) is 3.91. The van der Waals surface area contributed by atoms with Gasteiger partial charge in [0.1, 0.15) is 5.52 Å². The lowest BCUT2D eigenvalue weighted by molar-refractivity contribution is 0.0711. The molecule has 0 radical (unpaired) electrons. The van der Waals surface area contributed by atoms with Gasteiger partial charge in [0.15, 0.2) is 5.65 Å². The normalized spacial score (nSPS) is 18.5. The lowest BCUT2D eigenvalue weighted by atomic mass is 9.94. The molecule has 6 nitrogen and oxygen atoms in total. The number of carbonyl (C=O) groups excluding carboxylic acids is 1. The standard InChI is InChI=1S/C16H17N5OS/c1-20-15-14(17-6-7-18-15)13(19-20)11-4-2-8-21(10-11)16(22)12-5-3-9-23-12/h3,5-7,9,11H,2,4,8,10H2,1H3/t11-/m0/s1. The largest absolute Gasteiger partial charge is 0.337 e. The van der Waals surface area contributed by atoms with Crippen molar-refractivity contribution in [3.63, 3.8) is 0 Å². The van der Waals surface area contributed by atoms with Crippen LogP contribution in [0.25, 0.3) is 11.2 Å². The average Bonchev–Trinajstić information content (AvgIpc) is 3.23. The first-order valence-corrected chi connectivity index (χ1v) is 8.58. The Labute approximate surface area is 137 Å². The van der Waals surface area contributed by atoms with Gasteiger partial charge in [0.05, 0.1) is 10.6 Å². The van der Waals surface area contributed by atoms with E-state index in [1.54, 1.807) is 17.1 Å². The Bertz CT molecular complexity index is 841. The number of thiophene rings is 1. The maximum Gasteiger partial charge on any atom is 0.263 e. The van der Waals surface area contributed by atoms with Crippen LogP contribution in [0.3, 0.4) is 0 Å². The van der Waals surface area contributed by atoms with Crippen LogP contribution < -0.4 is 0 Å². The van der Waals surface area contributed by atoms with Gasteiger partial charge in [0, 0.05) is 38.4 Å². The second-order valence-corrected chi connectivity index (χ2v) is 6.75. The Morgan fingerprint density at radius 2 is 2.22 bits per heavy atom. The number of hydrogen-bond donors (Lipinski definition) is 0. The first-order chi connectivity index (χ1) is 11.2. The van der Waals surface area contributed by atoms with Crippen molar-refractivity contribution in [1.82, 2.24) is 24.6 Å². The number of carbonyl (C=O) groups is 1. The van der Waals surface area contributed by atoms with Crippen molar-refractivity contribution in [1.29, 1.82) is 0 Å². The van der Waals surface area contributed by atoms with Crippen LogP contribution in [0, 0.1) is 0 Å². The van der Waals surface area contributed by atoms with Gasteiger partial charge in [-0.2, -0.15) is 5.10 Å². The molecule has 118 valence electrons. The van der Waals surface area contributed by atoms with E-state index in [9.17, 15) is 4.79 Å². The Morgan fingerprint density at radius 1 is 1.35 bits per heavy atom. The van der Waals surface area contributed by atoms with E-state index in [2.05, 4.69) is 15.1 Å². The molecule has 1 aliphatic rings. The molecule has 0 bridgehead atoms. The molecule has 0 aliphatic carbocycles. The molecule has 0 saturated carbocycles. The quantitative estimate of drug-likeness (QED) is 0.725. The van der Waals surface area contributed by atoms with Crippen LogP contribution in [0.5, 0.6) is 0 Å². The summed E-state index contributed by atoms with van der Waals surface area (Å²) in [6.07, 6.45) is 5.39. The summed E-state index contributed by atoms with van der Waals surface area (Å²) in [5.41, 5.74) is 2.61. The molecule has 0 unspecified atom stereocenters. The molecule has 1 amide bonds. The number of hydrogen-bond acceptors (Lipinski definition) is 5. The minimum atomic E-state index is 0.121. The van der Waals surface area contributed by atoms with Gasteiger partial charge in [-0.3, -0.25) is 4.79 Å². The number of fused-ring (bicyclic) bond motifs is 1.